The smallest absolute Gasteiger partial charge is 0.314 e. The predicted octanol–water partition coefficient (Wildman–Crippen LogP) is 0.854. The first-order valence-electron chi connectivity index (χ1n) is 7.18. The van der Waals surface area contributed by atoms with E-state index in [0.29, 0.717) is 12.5 Å². The molecule has 2 heterocycles. The van der Waals surface area contributed by atoms with Gasteiger partial charge in [0.2, 0.25) is 0 Å². The number of carbonyl (C=O) groups is 1. The van der Waals surface area contributed by atoms with Crippen LogP contribution >= 0.6 is 0 Å². The van der Waals surface area contributed by atoms with Gasteiger partial charge in [0.1, 0.15) is 0 Å². The molecule has 0 spiro atoms. The lowest BCUT2D eigenvalue weighted by molar-refractivity contribution is 0.0184. The number of hydrogen-bond acceptors (Lipinski definition) is 3. The summed E-state index contributed by atoms with van der Waals surface area (Å²) in [6, 6.07) is -0.0604. The summed E-state index contributed by atoms with van der Waals surface area (Å²) in [6.45, 7) is 4.37. The van der Waals surface area contributed by atoms with Crippen LogP contribution in [0.2, 0.25) is 0 Å². The molecule has 0 bridgehead atoms. The zero-order valence-electron chi connectivity index (χ0n) is 11.0. The molecule has 0 radical (unpaired) electrons. The lowest BCUT2D eigenvalue weighted by Crippen LogP contribution is -2.44. The maximum Gasteiger partial charge on any atom is 0.314 e. The zero-order chi connectivity index (χ0) is 12.6. The molecule has 5 nitrogen and oxygen atoms in total. The first-order valence-corrected chi connectivity index (χ1v) is 7.18. The molecule has 0 aliphatic carbocycles. The standard InChI is InChI=1S/C13H25N3O2/c17-13(15-9-11-4-3-6-14-8-11)16-10-12-5-1-2-7-18-12/h11-12,14H,1-10H2,(H2,15,16,17). The van der Waals surface area contributed by atoms with Crippen molar-refractivity contribution in [2.24, 2.45) is 5.92 Å². The van der Waals surface area contributed by atoms with Gasteiger partial charge in [0.15, 0.2) is 0 Å². The number of carbonyl (C=O) groups excluding carboxylic acids is 1. The largest absolute Gasteiger partial charge is 0.376 e. The Balaban J connectivity index is 1.54. The summed E-state index contributed by atoms with van der Waals surface area (Å²) < 4.78 is 5.57. The Morgan fingerprint density at radius 1 is 1.17 bits per heavy atom. The first kappa shape index (κ1) is 13.6. The molecule has 2 aliphatic heterocycles. The Bertz CT molecular complexity index is 225. The van der Waals surface area contributed by atoms with Crippen molar-refractivity contribution in [3.63, 3.8) is 0 Å². The van der Waals surface area contributed by atoms with Crippen molar-refractivity contribution in [3.8, 4) is 0 Å². The van der Waals surface area contributed by atoms with Gasteiger partial charge in [-0.25, -0.2) is 4.79 Å². The lowest BCUT2D eigenvalue weighted by atomic mass is 10.00. The van der Waals surface area contributed by atoms with E-state index in [9.17, 15) is 4.79 Å². The number of urea groups is 1. The molecule has 2 amide bonds. The van der Waals surface area contributed by atoms with Crippen molar-refractivity contribution in [3.05, 3.63) is 0 Å². The molecule has 2 rings (SSSR count). The first-order chi connectivity index (χ1) is 8.84. The maximum atomic E-state index is 11.6. The summed E-state index contributed by atoms with van der Waals surface area (Å²) in [7, 11) is 0. The third kappa shape index (κ3) is 4.82. The van der Waals surface area contributed by atoms with Gasteiger partial charge in [0.25, 0.3) is 0 Å². The van der Waals surface area contributed by atoms with Crippen LogP contribution in [0.25, 0.3) is 0 Å². The predicted molar refractivity (Wildman–Crippen MR) is 70.6 cm³/mol. The van der Waals surface area contributed by atoms with Crippen LogP contribution in [0.4, 0.5) is 4.79 Å². The lowest BCUT2D eigenvalue weighted by Gasteiger charge is -2.24. The van der Waals surface area contributed by atoms with Crippen LogP contribution in [0.15, 0.2) is 0 Å². The minimum absolute atomic E-state index is 0.0604. The van der Waals surface area contributed by atoms with Crippen molar-refractivity contribution in [2.45, 2.75) is 38.2 Å². The monoisotopic (exact) mass is 255 g/mol. The van der Waals surface area contributed by atoms with Crippen LogP contribution in [0, 0.1) is 5.92 Å². The van der Waals surface area contributed by atoms with E-state index in [4.69, 9.17) is 4.74 Å². The summed E-state index contributed by atoms with van der Waals surface area (Å²) in [5.74, 6) is 0.579. The van der Waals surface area contributed by atoms with Gasteiger partial charge in [-0.3, -0.25) is 0 Å². The summed E-state index contributed by atoms with van der Waals surface area (Å²) in [5, 5.41) is 9.19. The number of piperidine rings is 1. The van der Waals surface area contributed by atoms with E-state index in [1.807, 2.05) is 0 Å². The molecular weight excluding hydrogens is 230 g/mol. The fourth-order valence-electron chi connectivity index (χ4n) is 2.57. The third-order valence-electron chi connectivity index (χ3n) is 3.71. The fourth-order valence-corrected chi connectivity index (χ4v) is 2.57. The SMILES string of the molecule is O=C(NCC1CCCNC1)NCC1CCCCO1. The number of ether oxygens (including phenoxy) is 1. The van der Waals surface area contributed by atoms with Gasteiger partial charge in [0.05, 0.1) is 6.10 Å². The molecule has 0 aromatic rings. The number of amides is 2. The van der Waals surface area contributed by atoms with Crippen molar-refractivity contribution < 1.29 is 9.53 Å². The third-order valence-corrected chi connectivity index (χ3v) is 3.71. The van der Waals surface area contributed by atoms with E-state index < -0.39 is 0 Å². The second kappa shape index (κ2) is 7.59. The normalized spacial score (nSPS) is 28.7. The number of hydrogen-bond donors (Lipinski definition) is 3. The van der Waals surface area contributed by atoms with Crippen LogP contribution in [-0.2, 0) is 4.74 Å². The molecule has 0 saturated carbocycles. The van der Waals surface area contributed by atoms with Gasteiger partial charge in [0, 0.05) is 19.7 Å². The van der Waals surface area contributed by atoms with E-state index >= 15 is 0 Å². The highest BCUT2D eigenvalue weighted by Gasteiger charge is 2.16. The van der Waals surface area contributed by atoms with Gasteiger partial charge >= 0.3 is 6.03 Å². The summed E-state index contributed by atoms with van der Waals surface area (Å²) in [5.41, 5.74) is 0. The maximum absolute atomic E-state index is 11.6. The minimum Gasteiger partial charge on any atom is -0.376 e. The quantitative estimate of drug-likeness (QED) is 0.698. The van der Waals surface area contributed by atoms with Crippen molar-refractivity contribution in [2.75, 3.05) is 32.8 Å². The Morgan fingerprint density at radius 3 is 2.78 bits per heavy atom. The molecule has 2 fully saturated rings. The Morgan fingerprint density at radius 2 is 2.06 bits per heavy atom. The molecule has 0 aromatic carbocycles. The van der Waals surface area contributed by atoms with Crippen LogP contribution in [0.1, 0.15) is 32.1 Å². The van der Waals surface area contributed by atoms with E-state index in [2.05, 4.69) is 16.0 Å². The molecule has 5 heteroatoms. The van der Waals surface area contributed by atoms with Crippen LogP contribution in [-0.4, -0.2) is 44.9 Å². The highest BCUT2D eigenvalue weighted by atomic mass is 16.5. The molecule has 2 atom stereocenters. The Labute approximate surface area is 109 Å². The van der Waals surface area contributed by atoms with E-state index in [0.717, 1.165) is 39.1 Å². The number of rotatable bonds is 4. The summed E-state index contributed by atoms with van der Waals surface area (Å²) in [4.78, 5) is 11.6. The highest BCUT2D eigenvalue weighted by Crippen LogP contribution is 2.11. The van der Waals surface area contributed by atoms with E-state index in [-0.39, 0.29) is 12.1 Å². The fraction of sp³-hybridized carbons (Fsp3) is 0.923. The van der Waals surface area contributed by atoms with Crippen LogP contribution < -0.4 is 16.0 Å². The summed E-state index contributed by atoms with van der Waals surface area (Å²) in [6.07, 6.45) is 6.05. The van der Waals surface area contributed by atoms with Crippen molar-refractivity contribution in [1.82, 2.24) is 16.0 Å². The number of nitrogens with one attached hydrogen (secondary N) is 3. The van der Waals surface area contributed by atoms with E-state index in [1.165, 1.54) is 19.3 Å². The Kier molecular flexibility index (Phi) is 5.74. The second-order valence-electron chi connectivity index (χ2n) is 5.29. The zero-order valence-corrected chi connectivity index (χ0v) is 11.0. The van der Waals surface area contributed by atoms with Gasteiger partial charge in [-0.05, 0) is 51.1 Å². The van der Waals surface area contributed by atoms with Gasteiger partial charge in [-0.15, -0.1) is 0 Å². The second-order valence-corrected chi connectivity index (χ2v) is 5.29. The van der Waals surface area contributed by atoms with Gasteiger partial charge in [-0.1, -0.05) is 0 Å². The summed E-state index contributed by atoms with van der Waals surface area (Å²) >= 11 is 0. The molecule has 3 N–H and O–H groups in total. The highest BCUT2D eigenvalue weighted by molar-refractivity contribution is 5.73. The molecule has 2 saturated heterocycles. The van der Waals surface area contributed by atoms with Crippen molar-refractivity contribution >= 4 is 6.03 Å². The van der Waals surface area contributed by atoms with E-state index in [1.54, 1.807) is 0 Å². The molecule has 18 heavy (non-hydrogen) atoms. The van der Waals surface area contributed by atoms with Crippen LogP contribution in [0.5, 0.6) is 0 Å². The minimum atomic E-state index is -0.0604. The molecule has 104 valence electrons. The van der Waals surface area contributed by atoms with Gasteiger partial charge < -0.3 is 20.7 Å². The Hall–Kier alpha value is -0.810. The molecule has 2 aliphatic rings. The average molecular weight is 255 g/mol. The molecule has 0 aromatic heterocycles. The van der Waals surface area contributed by atoms with Crippen molar-refractivity contribution in [1.29, 1.82) is 0 Å². The van der Waals surface area contributed by atoms with Gasteiger partial charge in [-0.2, -0.15) is 0 Å². The topological polar surface area (TPSA) is 62.4 Å². The molecule has 2 unspecified atom stereocenters. The molecular formula is C13H25N3O2. The average Bonchev–Trinajstić information content (AvgIpc) is 2.45. The van der Waals surface area contributed by atoms with Crippen LogP contribution in [0.3, 0.4) is 0 Å².